The van der Waals surface area contributed by atoms with Gasteiger partial charge in [0.1, 0.15) is 5.82 Å². The van der Waals surface area contributed by atoms with E-state index >= 15 is 0 Å². The Morgan fingerprint density at radius 2 is 1.86 bits per heavy atom. The first-order valence-electron chi connectivity index (χ1n) is 6.73. The van der Waals surface area contributed by atoms with Crippen molar-refractivity contribution in [2.45, 2.75) is 13.8 Å². The van der Waals surface area contributed by atoms with Crippen LogP contribution >= 0.6 is 0 Å². The molecule has 1 heterocycles. The molecule has 0 saturated heterocycles. The second-order valence-electron chi connectivity index (χ2n) is 5.18. The van der Waals surface area contributed by atoms with Gasteiger partial charge in [-0.1, -0.05) is 0 Å². The number of halogens is 1. The van der Waals surface area contributed by atoms with Crippen LogP contribution in [0.1, 0.15) is 11.3 Å². The molecule has 0 spiro atoms. The molecule has 3 rings (SSSR count). The standard InChI is InChI=1S/C17H16FN3/c1-10-7-13(4-5-15(10)18)21-17-8-11(2)20-16-6-3-12(19)9-14(16)17/h3-9H,19H2,1-2H3,(H,20,21). The van der Waals surface area contributed by atoms with E-state index in [2.05, 4.69) is 10.3 Å². The molecule has 0 aliphatic carbocycles. The molecule has 0 unspecified atom stereocenters. The molecule has 0 amide bonds. The minimum absolute atomic E-state index is 0.208. The predicted octanol–water partition coefficient (Wildman–Crippen LogP) is 4.32. The van der Waals surface area contributed by atoms with Crippen molar-refractivity contribution in [1.29, 1.82) is 0 Å². The number of aryl methyl sites for hydroxylation is 2. The van der Waals surface area contributed by atoms with Crippen LogP contribution in [0.15, 0.2) is 42.5 Å². The van der Waals surface area contributed by atoms with Crippen molar-refractivity contribution < 1.29 is 4.39 Å². The van der Waals surface area contributed by atoms with Gasteiger partial charge in [-0.15, -0.1) is 0 Å². The summed E-state index contributed by atoms with van der Waals surface area (Å²) in [5, 5.41) is 4.27. The molecular weight excluding hydrogens is 265 g/mol. The summed E-state index contributed by atoms with van der Waals surface area (Å²) in [6.45, 7) is 3.69. The number of anilines is 3. The van der Waals surface area contributed by atoms with Crippen molar-refractivity contribution in [2.24, 2.45) is 0 Å². The highest BCUT2D eigenvalue weighted by molar-refractivity contribution is 5.95. The molecule has 0 fully saturated rings. The minimum atomic E-state index is -0.208. The van der Waals surface area contributed by atoms with E-state index in [0.29, 0.717) is 11.3 Å². The highest BCUT2D eigenvalue weighted by Crippen LogP contribution is 2.28. The van der Waals surface area contributed by atoms with Gasteiger partial charge in [0.25, 0.3) is 0 Å². The number of hydrogen-bond donors (Lipinski definition) is 2. The van der Waals surface area contributed by atoms with Crippen LogP contribution in [-0.4, -0.2) is 4.98 Å². The molecule has 3 nitrogen and oxygen atoms in total. The zero-order chi connectivity index (χ0) is 15.0. The van der Waals surface area contributed by atoms with Crippen LogP contribution in [-0.2, 0) is 0 Å². The lowest BCUT2D eigenvalue weighted by Gasteiger charge is -2.12. The number of nitrogen functional groups attached to an aromatic ring is 1. The third-order valence-electron chi connectivity index (χ3n) is 3.40. The van der Waals surface area contributed by atoms with Crippen LogP contribution in [0.5, 0.6) is 0 Å². The topological polar surface area (TPSA) is 50.9 Å². The number of benzene rings is 2. The van der Waals surface area contributed by atoms with Crippen molar-refractivity contribution in [3.8, 4) is 0 Å². The fraction of sp³-hybridized carbons (Fsp3) is 0.118. The van der Waals surface area contributed by atoms with Crippen molar-refractivity contribution in [3.63, 3.8) is 0 Å². The van der Waals surface area contributed by atoms with E-state index < -0.39 is 0 Å². The van der Waals surface area contributed by atoms with Gasteiger partial charge in [0.15, 0.2) is 0 Å². The minimum Gasteiger partial charge on any atom is -0.399 e. The summed E-state index contributed by atoms with van der Waals surface area (Å²) in [5.74, 6) is -0.208. The van der Waals surface area contributed by atoms with Crippen LogP contribution in [0.2, 0.25) is 0 Å². The summed E-state index contributed by atoms with van der Waals surface area (Å²) in [5.41, 5.74) is 10.7. The summed E-state index contributed by atoms with van der Waals surface area (Å²) < 4.78 is 13.4. The van der Waals surface area contributed by atoms with Crippen LogP contribution in [0, 0.1) is 19.7 Å². The fourth-order valence-electron chi connectivity index (χ4n) is 2.36. The van der Waals surface area contributed by atoms with Gasteiger partial charge < -0.3 is 11.1 Å². The second-order valence-corrected chi connectivity index (χ2v) is 5.18. The van der Waals surface area contributed by atoms with E-state index in [1.807, 2.05) is 31.2 Å². The number of pyridine rings is 1. The number of nitrogens with two attached hydrogens (primary N) is 1. The third-order valence-corrected chi connectivity index (χ3v) is 3.40. The van der Waals surface area contributed by atoms with Crippen molar-refractivity contribution in [2.75, 3.05) is 11.1 Å². The van der Waals surface area contributed by atoms with E-state index in [9.17, 15) is 4.39 Å². The summed E-state index contributed by atoms with van der Waals surface area (Å²) in [6, 6.07) is 12.5. The SMILES string of the molecule is Cc1cc(Nc2ccc(F)c(C)c2)c2cc(N)ccc2n1. The second kappa shape index (κ2) is 5.05. The lowest BCUT2D eigenvalue weighted by molar-refractivity contribution is 0.619. The smallest absolute Gasteiger partial charge is 0.126 e. The zero-order valence-corrected chi connectivity index (χ0v) is 11.9. The number of nitrogens with zero attached hydrogens (tertiary/aromatic N) is 1. The predicted molar refractivity (Wildman–Crippen MR) is 85.3 cm³/mol. The molecule has 0 radical (unpaired) electrons. The number of nitrogens with one attached hydrogen (secondary N) is 1. The molecule has 106 valence electrons. The highest BCUT2D eigenvalue weighted by Gasteiger charge is 2.06. The quantitative estimate of drug-likeness (QED) is 0.688. The Balaban J connectivity index is 2.10. The maximum atomic E-state index is 13.4. The van der Waals surface area contributed by atoms with Gasteiger partial charge in [-0.3, -0.25) is 4.98 Å². The monoisotopic (exact) mass is 281 g/mol. The molecule has 0 aliphatic rings. The van der Waals surface area contributed by atoms with Crippen LogP contribution in [0.25, 0.3) is 10.9 Å². The van der Waals surface area contributed by atoms with E-state index in [0.717, 1.165) is 28.0 Å². The third kappa shape index (κ3) is 2.65. The number of rotatable bonds is 2. The molecule has 2 aromatic carbocycles. The normalized spacial score (nSPS) is 10.8. The molecule has 3 N–H and O–H groups in total. The maximum Gasteiger partial charge on any atom is 0.126 e. The van der Waals surface area contributed by atoms with Gasteiger partial charge in [0.05, 0.1) is 5.52 Å². The molecule has 0 saturated carbocycles. The van der Waals surface area contributed by atoms with Gasteiger partial charge in [0.2, 0.25) is 0 Å². The fourth-order valence-corrected chi connectivity index (χ4v) is 2.36. The molecule has 21 heavy (non-hydrogen) atoms. The first kappa shape index (κ1) is 13.4. The molecule has 0 bridgehead atoms. The van der Waals surface area contributed by atoms with Gasteiger partial charge in [0, 0.05) is 28.1 Å². The summed E-state index contributed by atoms with van der Waals surface area (Å²) in [4.78, 5) is 4.50. The Kier molecular flexibility index (Phi) is 3.22. The maximum absolute atomic E-state index is 13.4. The van der Waals surface area contributed by atoms with E-state index in [1.165, 1.54) is 6.07 Å². The van der Waals surface area contributed by atoms with Crippen LogP contribution in [0.4, 0.5) is 21.5 Å². The first-order valence-corrected chi connectivity index (χ1v) is 6.73. The number of aromatic nitrogens is 1. The van der Waals surface area contributed by atoms with Crippen molar-refractivity contribution in [3.05, 3.63) is 59.5 Å². The Morgan fingerprint density at radius 1 is 1.05 bits per heavy atom. The average Bonchev–Trinajstić information content (AvgIpc) is 2.43. The van der Waals surface area contributed by atoms with Crippen LogP contribution in [0.3, 0.4) is 0 Å². The lowest BCUT2D eigenvalue weighted by atomic mass is 10.1. The number of fused-ring (bicyclic) bond motifs is 1. The van der Waals surface area contributed by atoms with E-state index in [1.54, 1.807) is 19.1 Å². The van der Waals surface area contributed by atoms with Crippen LogP contribution < -0.4 is 11.1 Å². The molecule has 0 atom stereocenters. The Labute approximate surface area is 122 Å². The molecule has 3 aromatic rings. The lowest BCUT2D eigenvalue weighted by Crippen LogP contribution is -1.96. The average molecular weight is 281 g/mol. The molecule has 4 heteroatoms. The largest absolute Gasteiger partial charge is 0.399 e. The van der Waals surface area contributed by atoms with Crippen molar-refractivity contribution >= 4 is 28.0 Å². The zero-order valence-electron chi connectivity index (χ0n) is 11.9. The highest BCUT2D eigenvalue weighted by atomic mass is 19.1. The van der Waals surface area contributed by atoms with Gasteiger partial charge >= 0.3 is 0 Å². The molecular formula is C17H16FN3. The van der Waals surface area contributed by atoms with E-state index in [4.69, 9.17) is 5.73 Å². The first-order chi connectivity index (χ1) is 10.0. The van der Waals surface area contributed by atoms with Gasteiger partial charge in [-0.2, -0.15) is 0 Å². The molecule has 1 aromatic heterocycles. The summed E-state index contributed by atoms with van der Waals surface area (Å²) in [7, 11) is 0. The van der Waals surface area contributed by atoms with E-state index in [-0.39, 0.29) is 5.82 Å². The Hall–Kier alpha value is -2.62. The summed E-state index contributed by atoms with van der Waals surface area (Å²) >= 11 is 0. The Bertz CT molecular complexity index is 828. The number of hydrogen-bond acceptors (Lipinski definition) is 3. The summed E-state index contributed by atoms with van der Waals surface area (Å²) in [6.07, 6.45) is 0. The molecule has 0 aliphatic heterocycles. The van der Waals surface area contributed by atoms with Crippen molar-refractivity contribution in [1.82, 2.24) is 4.98 Å². The Morgan fingerprint density at radius 3 is 2.62 bits per heavy atom. The van der Waals surface area contributed by atoms with Gasteiger partial charge in [-0.05, 0) is 61.9 Å². The van der Waals surface area contributed by atoms with Gasteiger partial charge in [-0.25, -0.2) is 4.39 Å².